The molecule has 0 spiro atoms. The van der Waals surface area contributed by atoms with Gasteiger partial charge in [-0.1, -0.05) is 49.5 Å². The summed E-state index contributed by atoms with van der Waals surface area (Å²) in [5.41, 5.74) is 2.15. The molecule has 0 radical (unpaired) electrons. The van der Waals surface area contributed by atoms with E-state index in [1.807, 2.05) is 32.9 Å². The van der Waals surface area contributed by atoms with Gasteiger partial charge in [-0.15, -0.1) is 0 Å². The second kappa shape index (κ2) is 13.8. The Hall–Kier alpha value is -0.303. The molecule has 0 atom stereocenters. The lowest BCUT2D eigenvalue weighted by atomic mass is 10.1. The van der Waals surface area contributed by atoms with E-state index in [4.69, 9.17) is 24.9 Å². The third-order valence-corrected chi connectivity index (χ3v) is 8.04. The van der Waals surface area contributed by atoms with Gasteiger partial charge in [0.25, 0.3) is 0 Å². The fourth-order valence-corrected chi connectivity index (χ4v) is 6.45. The lowest BCUT2D eigenvalue weighted by Gasteiger charge is -2.26. The van der Waals surface area contributed by atoms with Crippen LogP contribution in [0.25, 0.3) is 0 Å². The number of benzene rings is 1. The van der Waals surface area contributed by atoms with E-state index in [1.54, 1.807) is 11.8 Å². The van der Waals surface area contributed by atoms with E-state index in [0.29, 0.717) is 19.8 Å². The molecule has 1 rings (SSSR count). The van der Waals surface area contributed by atoms with Gasteiger partial charge in [0.05, 0.1) is 0 Å². The second-order valence-corrected chi connectivity index (χ2v) is 9.88. The highest BCUT2D eigenvalue weighted by atomic mass is 35.5. The molecule has 0 amide bonds. The van der Waals surface area contributed by atoms with Crippen LogP contribution in [0.4, 0.5) is 0 Å². The molecule has 0 aliphatic carbocycles. The quantitative estimate of drug-likeness (QED) is 0.188. The van der Waals surface area contributed by atoms with Crippen molar-refractivity contribution in [1.82, 2.24) is 0 Å². The fourth-order valence-electron chi connectivity index (χ4n) is 2.58. The van der Waals surface area contributed by atoms with E-state index in [1.165, 1.54) is 29.1 Å². The van der Waals surface area contributed by atoms with Crippen LogP contribution < -0.4 is 0 Å². The molecule has 0 aliphatic heterocycles. The highest BCUT2D eigenvalue weighted by Gasteiger charge is 2.38. The van der Waals surface area contributed by atoms with Crippen LogP contribution in [0.3, 0.4) is 0 Å². The summed E-state index contributed by atoms with van der Waals surface area (Å²) >= 11 is 7.78. The van der Waals surface area contributed by atoms with Crippen molar-refractivity contribution in [3.05, 3.63) is 39.9 Å². The zero-order valence-corrected chi connectivity index (χ0v) is 19.1. The van der Waals surface area contributed by atoms with E-state index in [2.05, 4.69) is 24.8 Å². The van der Waals surface area contributed by atoms with Gasteiger partial charge in [0.15, 0.2) is 0 Å². The molecule has 0 aromatic heterocycles. The molecule has 0 heterocycles. The Balaban J connectivity index is 3.03. The molecule has 1 aromatic carbocycles. The van der Waals surface area contributed by atoms with Crippen LogP contribution in [0.2, 0.25) is 5.02 Å². The maximum Gasteiger partial charge on any atom is 0.530 e. The third kappa shape index (κ3) is 9.06. The Kier molecular flexibility index (Phi) is 12.6. The maximum absolute atomic E-state index is 6.02. The predicted octanol–water partition coefficient (Wildman–Crippen LogP) is 6.87. The van der Waals surface area contributed by atoms with Crippen molar-refractivity contribution in [2.45, 2.75) is 64.7 Å². The Morgan fingerprint density at radius 3 is 2.00 bits per heavy atom. The van der Waals surface area contributed by atoms with E-state index in [0.717, 1.165) is 17.9 Å². The van der Waals surface area contributed by atoms with Gasteiger partial charge in [-0.25, -0.2) is 0 Å². The maximum atomic E-state index is 6.02. The van der Waals surface area contributed by atoms with Gasteiger partial charge in [-0.2, -0.15) is 0 Å². The first-order chi connectivity index (χ1) is 12.6. The van der Waals surface area contributed by atoms with Gasteiger partial charge < -0.3 is 13.3 Å². The molecule has 0 bridgehead atoms. The number of unbranched alkanes of at least 4 members (excludes halogenated alkanes) is 3. The molecule has 26 heavy (non-hydrogen) atoms. The zero-order chi connectivity index (χ0) is 19.3. The summed E-state index contributed by atoms with van der Waals surface area (Å²) < 4.78 is 18.0. The number of hydrogen-bond donors (Lipinski definition) is 0. The first kappa shape index (κ1) is 23.7. The molecule has 0 saturated carbocycles. The number of allylic oxidation sites excluding steroid dienone is 1. The number of hydrogen-bond acceptors (Lipinski definition) is 4. The van der Waals surface area contributed by atoms with Gasteiger partial charge in [-0.3, -0.25) is 0 Å². The van der Waals surface area contributed by atoms with Crippen LogP contribution in [0.15, 0.2) is 39.8 Å². The Morgan fingerprint density at radius 2 is 1.50 bits per heavy atom. The van der Waals surface area contributed by atoms with Crippen LogP contribution >= 0.6 is 23.4 Å². The van der Waals surface area contributed by atoms with Gasteiger partial charge in [0.1, 0.15) is 0 Å². The van der Waals surface area contributed by atoms with E-state index in [-0.39, 0.29) is 0 Å². The Bertz CT molecular complexity index is 505. The minimum Gasteiger partial charge on any atom is -0.371 e. The second-order valence-electron chi connectivity index (χ2n) is 5.88. The standard InChI is InChI=1S/C20H33ClO3SSi/c1-5-9-10-11-12-20(25-19-15-13-18(21)14-16-19)17-26(22-6-2,23-7-3)24-8-4/h13-17H,5-12H2,1-4H3/b20-17+. The largest absolute Gasteiger partial charge is 0.530 e. The smallest absolute Gasteiger partial charge is 0.371 e. The summed E-state index contributed by atoms with van der Waals surface area (Å²) in [6, 6.07) is 7.96. The lowest BCUT2D eigenvalue weighted by molar-refractivity contribution is 0.0841. The Morgan fingerprint density at radius 1 is 0.923 bits per heavy atom. The number of rotatable bonds is 14. The molecule has 3 nitrogen and oxygen atoms in total. The molecule has 0 N–H and O–H groups in total. The molecule has 0 fully saturated rings. The van der Waals surface area contributed by atoms with Crippen molar-refractivity contribution in [1.29, 1.82) is 0 Å². The topological polar surface area (TPSA) is 27.7 Å². The van der Waals surface area contributed by atoms with Crippen LogP contribution in [-0.4, -0.2) is 28.6 Å². The van der Waals surface area contributed by atoms with Gasteiger partial charge >= 0.3 is 8.80 Å². The molecule has 148 valence electrons. The molecule has 0 saturated heterocycles. The van der Waals surface area contributed by atoms with E-state index in [9.17, 15) is 0 Å². The number of halogens is 1. The summed E-state index contributed by atoms with van der Waals surface area (Å²) in [7, 11) is -2.80. The molecular formula is C20H33ClO3SSi. The highest BCUT2D eigenvalue weighted by Crippen LogP contribution is 2.33. The fraction of sp³-hybridized carbons (Fsp3) is 0.600. The highest BCUT2D eigenvalue weighted by molar-refractivity contribution is 8.03. The first-order valence-corrected chi connectivity index (χ1v) is 12.7. The molecular weight excluding hydrogens is 384 g/mol. The predicted molar refractivity (Wildman–Crippen MR) is 115 cm³/mol. The third-order valence-electron chi connectivity index (χ3n) is 3.71. The summed E-state index contributed by atoms with van der Waals surface area (Å²) in [6.07, 6.45) is 5.91. The van der Waals surface area contributed by atoms with Gasteiger partial charge in [-0.05, 0) is 68.5 Å². The lowest BCUT2D eigenvalue weighted by Crippen LogP contribution is -2.44. The summed E-state index contributed by atoms with van der Waals surface area (Å²) in [4.78, 5) is 2.42. The summed E-state index contributed by atoms with van der Waals surface area (Å²) in [5.74, 6) is 0. The number of thioether (sulfide) groups is 1. The van der Waals surface area contributed by atoms with Crippen LogP contribution in [0.1, 0.15) is 59.8 Å². The van der Waals surface area contributed by atoms with Crippen LogP contribution in [0.5, 0.6) is 0 Å². The van der Waals surface area contributed by atoms with Crippen molar-refractivity contribution in [3.63, 3.8) is 0 Å². The molecule has 0 unspecified atom stereocenters. The molecule has 1 aromatic rings. The monoisotopic (exact) mass is 416 g/mol. The van der Waals surface area contributed by atoms with Crippen molar-refractivity contribution < 1.29 is 13.3 Å². The van der Waals surface area contributed by atoms with Crippen LogP contribution in [0, 0.1) is 0 Å². The van der Waals surface area contributed by atoms with E-state index < -0.39 is 8.80 Å². The average molecular weight is 417 g/mol. The minimum absolute atomic E-state index is 0.581. The zero-order valence-electron chi connectivity index (χ0n) is 16.6. The molecule has 6 heteroatoms. The van der Waals surface area contributed by atoms with Crippen molar-refractivity contribution in [2.75, 3.05) is 19.8 Å². The summed E-state index contributed by atoms with van der Waals surface area (Å²) in [6.45, 7) is 9.94. The van der Waals surface area contributed by atoms with Crippen molar-refractivity contribution in [3.8, 4) is 0 Å². The van der Waals surface area contributed by atoms with E-state index >= 15 is 0 Å². The summed E-state index contributed by atoms with van der Waals surface area (Å²) in [5, 5.41) is 0.754. The minimum atomic E-state index is -2.80. The average Bonchev–Trinajstić information content (AvgIpc) is 2.61. The normalized spacial score (nSPS) is 12.6. The molecule has 0 aliphatic rings. The van der Waals surface area contributed by atoms with Crippen molar-refractivity contribution in [2.24, 2.45) is 0 Å². The Labute approximate surface area is 169 Å². The van der Waals surface area contributed by atoms with Gasteiger partial charge in [0.2, 0.25) is 0 Å². The van der Waals surface area contributed by atoms with Gasteiger partial charge in [0, 0.05) is 29.7 Å². The first-order valence-electron chi connectivity index (χ1n) is 9.66. The van der Waals surface area contributed by atoms with Crippen molar-refractivity contribution >= 4 is 32.2 Å². The SMILES string of the molecule is CCCCCC/C(=C\[Si](OCC)(OCC)OCC)Sc1ccc(Cl)cc1. The van der Waals surface area contributed by atoms with Crippen LogP contribution in [-0.2, 0) is 13.3 Å².